The molecule has 5 nitrogen and oxygen atoms in total. The lowest BCUT2D eigenvalue weighted by Crippen LogP contribution is -2.05. The molecule has 0 fully saturated rings. The van der Waals surface area contributed by atoms with E-state index < -0.39 is 4.92 Å². The summed E-state index contributed by atoms with van der Waals surface area (Å²) in [5, 5.41) is 10.9. The average molecular weight is 346 g/mol. The lowest BCUT2D eigenvalue weighted by atomic mass is 10.2. The van der Waals surface area contributed by atoms with Gasteiger partial charge in [0.05, 0.1) is 17.2 Å². The van der Waals surface area contributed by atoms with Gasteiger partial charge in [-0.25, -0.2) is 4.99 Å². The number of nitro groups is 1. The van der Waals surface area contributed by atoms with Crippen molar-refractivity contribution in [2.75, 3.05) is 12.4 Å². The molecule has 0 unspecified atom stereocenters. The first-order valence-electron chi connectivity index (χ1n) is 7.02. The molecule has 23 heavy (non-hydrogen) atoms. The summed E-state index contributed by atoms with van der Waals surface area (Å²) in [6.45, 7) is 0.400. The van der Waals surface area contributed by atoms with Crippen LogP contribution in [0.3, 0.4) is 0 Å². The van der Waals surface area contributed by atoms with E-state index in [-0.39, 0.29) is 5.69 Å². The van der Waals surface area contributed by atoms with Crippen LogP contribution in [0.4, 0.5) is 11.4 Å². The highest BCUT2D eigenvalue weighted by atomic mass is 32.2. The Balaban J connectivity index is 1.53. The maximum absolute atomic E-state index is 10.9. The van der Waals surface area contributed by atoms with Crippen molar-refractivity contribution in [1.29, 1.82) is 0 Å². The average Bonchev–Trinajstić information content (AvgIpc) is 2.59. The van der Waals surface area contributed by atoms with Crippen LogP contribution in [0.5, 0.6) is 5.75 Å². The Kier molecular flexibility index (Phi) is 5.19. The Morgan fingerprint density at radius 2 is 2.00 bits per heavy atom. The fraction of sp³-hybridized carbons (Fsp3) is 0.188. The van der Waals surface area contributed by atoms with Crippen molar-refractivity contribution in [3.8, 4) is 5.75 Å². The van der Waals surface area contributed by atoms with Crippen LogP contribution in [-0.4, -0.2) is 21.7 Å². The summed E-state index contributed by atoms with van der Waals surface area (Å²) in [6.07, 6.45) is 0. The van der Waals surface area contributed by atoms with E-state index in [1.54, 1.807) is 41.7 Å². The zero-order chi connectivity index (χ0) is 16.1. The number of benzene rings is 2. The lowest BCUT2D eigenvalue weighted by Gasteiger charge is -2.14. The molecule has 0 N–H and O–H groups in total. The van der Waals surface area contributed by atoms with Gasteiger partial charge < -0.3 is 4.74 Å². The van der Waals surface area contributed by atoms with Crippen LogP contribution in [0.25, 0.3) is 0 Å². The highest BCUT2D eigenvalue weighted by molar-refractivity contribution is 8.38. The summed E-state index contributed by atoms with van der Waals surface area (Å²) in [7, 11) is 0. The third kappa shape index (κ3) is 4.05. The molecule has 1 aliphatic rings. The normalized spacial score (nSPS) is 13.1. The summed E-state index contributed by atoms with van der Waals surface area (Å²) < 4.78 is 6.54. The van der Waals surface area contributed by atoms with Crippen LogP contribution in [0.15, 0.2) is 53.5 Å². The zero-order valence-corrected chi connectivity index (χ0v) is 13.8. The minimum absolute atomic E-state index is 0.00388. The Bertz CT molecular complexity index is 750. The second-order valence-corrected chi connectivity index (χ2v) is 7.02. The standard InChI is InChI=1S/C16H14N2O3S2/c19-18(20)14-7-3-4-8-15(14)21-9-10-22-16-17-13-6-2-1-5-12(13)11-23-16/h1-8H,9-11H2. The predicted molar refractivity (Wildman–Crippen MR) is 95.9 cm³/mol. The number of fused-ring (bicyclic) bond motifs is 1. The molecular formula is C16H14N2O3S2. The van der Waals surface area contributed by atoms with Crippen LogP contribution < -0.4 is 4.74 Å². The Morgan fingerprint density at radius 1 is 1.22 bits per heavy atom. The minimum atomic E-state index is -0.430. The number of aliphatic imine (C=N–C) groups is 1. The molecule has 1 aliphatic heterocycles. The highest BCUT2D eigenvalue weighted by Gasteiger charge is 2.15. The molecule has 0 amide bonds. The molecule has 0 saturated carbocycles. The van der Waals surface area contributed by atoms with Crippen molar-refractivity contribution >= 4 is 39.3 Å². The maximum atomic E-state index is 10.9. The molecule has 2 aromatic carbocycles. The molecule has 0 atom stereocenters. The SMILES string of the molecule is O=[N+]([O-])c1ccccc1OCCSC1=Nc2ccccc2CS1. The van der Waals surface area contributed by atoms with Gasteiger partial charge in [-0.1, -0.05) is 53.9 Å². The van der Waals surface area contributed by atoms with Crippen molar-refractivity contribution in [1.82, 2.24) is 0 Å². The molecule has 0 bridgehead atoms. The van der Waals surface area contributed by atoms with Crippen molar-refractivity contribution in [2.45, 2.75) is 5.75 Å². The highest BCUT2D eigenvalue weighted by Crippen LogP contribution is 2.34. The van der Waals surface area contributed by atoms with E-state index in [9.17, 15) is 10.1 Å². The van der Waals surface area contributed by atoms with Crippen LogP contribution in [-0.2, 0) is 5.75 Å². The molecule has 0 aromatic heterocycles. The molecular weight excluding hydrogens is 332 g/mol. The van der Waals surface area contributed by atoms with Crippen molar-refractivity contribution < 1.29 is 9.66 Å². The van der Waals surface area contributed by atoms with E-state index in [0.717, 1.165) is 15.8 Å². The van der Waals surface area contributed by atoms with Gasteiger partial charge in [-0.2, -0.15) is 0 Å². The van der Waals surface area contributed by atoms with Crippen molar-refractivity contribution in [3.63, 3.8) is 0 Å². The summed E-state index contributed by atoms with van der Waals surface area (Å²) in [5.74, 6) is 1.93. The maximum Gasteiger partial charge on any atom is 0.310 e. The molecule has 0 radical (unpaired) electrons. The fourth-order valence-electron chi connectivity index (χ4n) is 2.10. The molecule has 118 valence electrons. The van der Waals surface area contributed by atoms with Gasteiger partial charge in [0.25, 0.3) is 0 Å². The van der Waals surface area contributed by atoms with Gasteiger partial charge in [-0.05, 0) is 17.7 Å². The number of nitro benzene ring substituents is 1. The fourth-order valence-corrected chi connectivity index (χ4v) is 4.05. The first-order valence-corrected chi connectivity index (χ1v) is 8.99. The summed E-state index contributed by atoms with van der Waals surface area (Å²) in [6, 6.07) is 14.5. The van der Waals surface area contributed by atoms with Crippen molar-refractivity contribution in [2.24, 2.45) is 4.99 Å². The molecule has 0 spiro atoms. The molecule has 0 saturated heterocycles. The Hall–Kier alpha value is -1.99. The second kappa shape index (κ2) is 7.52. The minimum Gasteiger partial charge on any atom is -0.486 e. The van der Waals surface area contributed by atoms with Gasteiger partial charge >= 0.3 is 5.69 Å². The third-order valence-electron chi connectivity index (χ3n) is 3.18. The van der Waals surface area contributed by atoms with Crippen LogP contribution >= 0.6 is 23.5 Å². The van der Waals surface area contributed by atoms with Gasteiger partial charge in [0, 0.05) is 17.6 Å². The Morgan fingerprint density at radius 3 is 2.87 bits per heavy atom. The molecule has 0 aliphatic carbocycles. The molecule has 3 rings (SSSR count). The topological polar surface area (TPSA) is 64.7 Å². The van der Waals surface area contributed by atoms with E-state index >= 15 is 0 Å². The summed E-state index contributed by atoms with van der Waals surface area (Å²) in [4.78, 5) is 15.1. The largest absolute Gasteiger partial charge is 0.486 e. The first-order chi connectivity index (χ1) is 11.2. The van der Waals surface area contributed by atoms with E-state index in [1.807, 2.05) is 18.2 Å². The van der Waals surface area contributed by atoms with Crippen molar-refractivity contribution in [3.05, 3.63) is 64.2 Å². The van der Waals surface area contributed by atoms with Gasteiger partial charge in [0.2, 0.25) is 0 Å². The van der Waals surface area contributed by atoms with Gasteiger partial charge in [-0.3, -0.25) is 10.1 Å². The first kappa shape index (κ1) is 15.9. The quantitative estimate of drug-likeness (QED) is 0.448. The summed E-state index contributed by atoms with van der Waals surface area (Å²) in [5.41, 5.74) is 2.27. The lowest BCUT2D eigenvalue weighted by molar-refractivity contribution is -0.385. The number of nitrogens with zero attached hydrogens (tertiary/aromatic N) is 2. The van der Waals surface area contributed by atoms with E-state index in [1.165, 1.54) is 11.6 Å². The van der Waals surface area contributed by atoms with Gasteiger partial charge in [-0.15, -0.1) is 0 Å². The zero-order valence-electron chi connectivity index (χ0n) is 12.2. The molecule has 2 aromatic rings. The third-order valence-corrected chi connectivity index (χ3v) is 5.39. The molecule has 1 heterocycles. The molecule has 7 heteroatoms. The summed E-state index contributed by atoms with van der Waals surface area (Å²) >= 11 is 3.32. The number of hydrogen-bond acceptors (Lipinski definition) is 6. The monoisotopic (exact) mass is 346 g/mol. The Labute approximate surface area is 142 Å². The smallest absolute Gasteiger partial charge is 0.310 e. The van der Waals surface area contributed by atoms with Gasteiger partial charge in [0.1, 0.15) is 4.38 Å². The van der Waals surface area contributed by atoms with E-state index in [4.69, 9.17) is 4.74 Å². The van der Waals surface area contributed by atoms with Crippen LogP contribution in [0.1, 0.15) is 5.56 Å². The number of hydrogen-bond donors (Lipinski definition) is 0. The second-order valence-electron chi connectivity index (χ2n) is 4.72. The predicted octanol–water partition coefficient (Wildman–Crippen LogP) is 4.64. The number of para-hydroxylation sites is 3. The van der Waals surface area contributed by atoms with Crippen LogP contribution in [0, 0.1) is 10.1 Å². The number of thioether (sulfide) groups is 2. The number of ether oxygens (including phenoxy) is 1. The van der Waals surface area contributed by atoms with Gasteiger partial charge in [0.15, 0.2) is 5.75 Å². The van der Waals surface area contributed by atoms with E-state index in [2.05, 4.69) is 11.1 Å². The van der Waals surface area contributed by atoms with E-state index in [0.29, 0.717) is 18.1 Å². The number of rotatable bonds is 5. The van der Waals surface area contributed by atoms with Crippen LogP contribution in [0.2, 0.25) is 0 Å².